The molecule has 2 aromatic carbocycles. The van der Waals surface area contributed by atoms with Crippen LogP contribution in [0, 0.1) is 0 Å². The van der Waals surface area contributed by atoms with E-state index in [-0.39, 0.29) is 0 Å². The SMILES string of the molecule is CSc1ccc2nc(Nc3ccc(N4CCOCC4)cc3)c3[nH]ncc3c2c1. The Hall–Kier alpha value is -2.77. The van der Waals surface area contributed by atoms with Gasteiger partial charge >= 0.3 is 0 Å². The molecule has 0 spiro atoms. The van der Waals surface area contributed by atoms with Gasteiger partial charge in [0.05, 0.1) is 24.9 Å². The van der Waals surface area contributed by atoms with Crippen LogP contribution in [0.5, 0.6) is 0 Å². The molecule has 2 aromatic heterocycles. The van der Waals surface area contributed by atoms with E-state index in [9.17, 15) is 0 Å². The molecule has 142 valence electrons. The number of nitrogens with zero attached hydrogens (tertiary/aromatic N) is 3. The van der Waals surface area contributed by atoms with E-state index in [1.807, 2.05) is 6.20 Å². The molecule has 0 atom stereocenters. The maximum absolute atomic E-state index is 5.43. The molecular weight excluding hydrogens is 370 g/mol. The van der Waals surface area contributed by atoms with Crippen LogP contribution in [-0.4, -0.2) is 47.7 Å². The highest BCUT2D eigenvalue weighted by Crippen LogP contribution is 2.32. The number of H-pyrrole nitrogens is 1. The number of anilines is 3. The second-order valence-corrected chi connectivity index (χ2v) is 7.65. The van der Waals surface area contributed by atoms with Crippen molar-refractivity contribution in [2.45, 2.75) is 4.90 Å². The third-order valence-corrected chi connectivity index (χ3v) is 5.83. The lowest BCUT2D eigenvalue weighted by molar-refractivity contribution is 0.122. The second kappa shape index (κ2) is 7.33. The number of aromatic amines is 1. The Morgan fingerprint density at radius 3 is 2.68 bits per heavy atom. The highest BCUT2D eigenvalue weighted by atomic mass is 32.2. The van der Waals surface area contributed by atoms with Crippen LogP contribution in [0.15, 0.2) is 53.6 Å². The number of morpholine rings is 1. The van der Waals surface area contributed by atoms with E-state index in [1.165, 1.54) is 10.6 Å². The van der Waals surface area contributed by atoms with Crippen LogP contribution in [0.3, 0.4) is 0 Å². The molecule has 6 nitrogen and oxygen atoms in total. The largest absolute Gasteiger partial charge is 0.378 e. The summed E-state index contributed by atoms with van der Waals surface area (Å²) in [5.74, 6) is 0.788. The molecule has 1 saturated heterocycles. The first kappa shape index (κ1) is 17.3. The highest BCUT2D eigenvalue weighted by molar-refractivity contribution is 7.98. The van der Waals surface area contributed by atoms with Crippen LogP contribution >= 0.6 is 11.8 Å². The van der Waals surface area contributed by atoms with Crippen molar-refractivity contribution in [3.8, 4) is 0 Å². The summed E-state index contributed by atoms with van der Waals surface area (Å²) >= 11 is 1.73. The number of thioether (sulfide) groups is 1. The molecule has 0 bridgehead atoms. The lowest BCUT2D eigenvalue weighted by Crippen LogP contribution is -2.36. The summed E-state index contributed by atoms with van der Waals surface area (Å²) in [5, 5.41) is 13.0. The number of aromatic nitrogens is 3. The Kier molecular flexibility index (Phi) is 4.54. The van der Waals surface area contributed by atoms with Gasteiger partial charge in [0, 0.05) is 40.1 Å². The van der Waals surface area contributed by atoms with Crippen LogP contribution in [0.2, 0.25) is 0 Å². The fraction of sp³-hybridized carbons (Fsp3) is 0.238. The summed E-state index contributed by atoms with van der Waals surface area (Å²) in [7, 11) is 0. The van der Waals surface area contributed by atoms with Gasteiger partial charge in [0.25, 0.3) is 0 Å². The predicted molar refractivity (Wildman–Crippen MR) is 116 cm³/mol. The first-order valence-corrected chi connectivity index (χ1v) is 10.5. The summed E-state index contributed by atoms with van der Waals surface area (Å²) < 4.78 is 5.43. The predicted octanol–water partition coefficient (Wildman–Crippen LogP) is 4.41. The first-order valence-electron chi connectivity index (χ1n) is 9.32. The molecule has 4 aromatic rings. The molecular formula is C21H21N5OS. The van der Waals surface area contributed by atoms with Crippen molar-refractivity contribution >= 4 is 50.8 Å². The molecule has 0 radical (unpaired) electrons. The molecule has 3 heterocycles. The molecule has 0 aliphatic carbocycles. The number of ether oxygens (including phenoxy) is 1. The zero-order valence-corrected chi connectivity index (χ0v) is 16.4. The van der Waals surface area contributed by atoms with Crippen LogP contribution in [-0.2, 0) is 4.74 Å². The van der Waals surface area contributed by atoms with Crippen LogP contribution in [0.4, 0.5) is 17.2 Å². The maximum atomic E-state index is 5.43. The van der Waals surface area contributed by atoms with Gasteiger partial charge in [-0.05, 0) is 48.7 Å². The van der Waals surface area contributed by atoms with Crippen molar-refractivity contribution in [1.82, 2.24) is 15.2 Å². The molecule has 1 aliphatic rings. The second-order valence-electron chi connectivity index (χ2n) is 6.77. The van der Waals surface area contributed by atoms with Crippen LogP contribution < -0.4 is 10.2 Å². The average Bonchev–Trinajstić information content (AvgIpc) is 3.25. The molecule has 1 fully saturated rings. The third kappa shape index (κ3) is 3.16. The third-order valence-electron chi connectivity index (χ3n) is 5.11. The van der Waals surface area contributed by atoms with Gasteiger partial charge in [0.2, 0.25) is 0 Å². The van der Waals surface area contributed by atoms with E-state index in [0.717, 1.165) is 59.6 Å². The van der Waals surface area contributed by atoms with E-state index in [1.54, 1.807) is 11.8 Å². The van der Waals surface area contributed by atoms with Crippen molar-refractivity contribution in [3.05, 3.63) is 48.7 Å². The number of rotatable bonds is 4. The number of pyridine rings is 1. The van der Waals surface area contributed by atoms with E-state index in [0.29, 0.717) is 0 Å². The number of hydrogen-bond donors (Lipinski definition) is 2. The standard InChI is InChI=1S/C21H21N5OS/c1-28-16-6-7-19-17(12-16)18-13-22-25-20(18)21(24-19)23-14-2-4-15(5-3-14)26-8-10-27-11-9-26/h2-7,12-13H,8-11H2,1H3,(H,22,25)(H,23,24). The van der Waals surface area contributed by atoms with Crippen LogP contribution in [0.25, 0.3) is 21.8 Å². The summed E-state index contributed by atoms with van der Waals surface area (Å²) in [6.07, 6.45) is 3.95. The zero-order chi connectivity index (χ0) is 18.9. The van der Waals surface area contributed by atoms with E-state index >= 15 is 0 Å². The lowest BCUT2D eigenvalue weighted by Gasteiger charge is -2.28. The quantitative estimate of drug-likeness (QED) is 0.502. The maximum Gasteiger partial charge on any atom is 0.157 e. The van der Waals surface area contributed by atoms with Crippen molar-refractivity contribution in [2.24, 2.45) is 0 Å². The summed E-state index contributed by atoms with van der Waals surface area (Å²) in [6, 6.07) is 14.8. The van der Waals surface area contributed by atoms with E-state index in [2.05, 4.69) is 69.1 Å². The summed E-state index contributed by atoms with van der Waals surface area (Å²) in [4.78, 5) is 8.40. The molecule has 1 aliphatic heterocycles. The van der Waals surface area contributed by atoms with Gasteiger partial charge in [-0.3, -0.25) is 5.10 Å². The number of benzene rings is 2. The molecule has 0 unspecified atom stereocenters. The number of hydrogen-bond acceptors (Lipinski definition) is 6. The topological polar surface area (TPSA) is 66.1 Å². The summed E-state index contributed by atoms with van der Waals surface area (Å²) in [5.41, 5.74) is 4.10. The van der Waals surface area contributed by atoms with Crippen molar-refractivity contribution in [3.63, 3.8) is 0 Å². The summed E-state index contributed by atoms with van der Waals surface area (Å²) in [6.45, 7) is 3.45. The normalized spacial score (nSPS) is 14.7. The fourth-order valence-corrected chi connectivity index (χ4v) is 4.05. The molecule has 7 heteroatoms. The highest BCUT2D eigenvalue weighted by Gasteiger charge is 2.13. The van der Waals surface area contributed by atoms with Crippen LogP contribution in [0.1, 0.15) is 0 Å². The minimum absolute atomic E-state index is 0.788. The van der Waals surface area contributed by atoms with E-state index < -0.39 is 0 Å². The van der Waals surface area contributed by atoms with Gasteiger partial charge < -0.3 is 15.0 Å². The molecule has 2 N–H and O–H groups in total. The minimum atomic E-state index is 0.788. The number of nitrogens with one attached hydrogen (secondary N) is 2. The Morgan fingerprint density at radius 2 is 1.89 bits per heavy atom. The molecule has 5 rings (SSSR count). The van der Waals surface area contributed by atoms with Gasteiger partial charge in [-0.1, -0.05) is 0 Å². The van der Waals surface area contributed by atoms with Gasteiger partial charge in [0.15, 0.2) is 5.82 Å². The Labute approximate surface area is 167 Å². The molecule has 0 saturated carbocycles. The number of fused-ring (bicyclic) bond motifs is 3. The monoisotopic (exact) mass is 391 g/mol. The average molecular weight is 392 g/mol. The lowest BCUT2D eigenvalue weighted by atomic mass is 10.1. The Balaban J connectivity index is 1.48. The minimum Gasteiger partial charge on any atom is -0.378 e. The van der Waals surface area contributed by atoms with Gasteiger partial charge in [-0.25, -0.2) is 4.98 Å². The fourth-order valence-electron chi connectivity index (χ4n) is 3.61. The van der Waals surface area contributed by atoms with E-state index in [4.69, 9.17) is 9.72 Å². The molecule has 0 amide bonds. The zero-order valence-electron chi connectivity index (χ0n) is 15.6. The smallest absolute Gasteiger partial charge is 0.157 e. The van der Waals surface area contributed by atoms with Crippen molar-refractivity contribution in [1.29, 1.82) is 0 Å². The van der Waals surface area contributed by atoms with Crippen molar-refractivity contribution < 1.29 is 4.74 Å². The molecule has 28 heavy (non-hydrogen) atoms. The van der Waals surface area contributed by atoms with Gasteiger partial charge in [0.1, 0.15) is 5.52 Å². The van der Waals surface area contributed by atoms with Crippen molar-refractivity contribution in [2.75, 3.05) is 42.8 Å². The Bertz CT molecular complexity index is 1120. The first-order chi connectivity index (χ1) is 13.8. The Morgan fingerprint density at radius 1 is 1.07 bits per heavy atom. The van der Waals surface area contributed by atoms with Gasteiger partial charge in [-0.15, -0.1) is 11.8 Å². The van der Waals surface area contributed by atoms with Gasteiger partial charge in [-0.2, -0.15) is 5.10 Å².